The van der Waals surface area contributed by atoms with Crippen molar-refractivity contribution >= 4 is 8.24 Å². The van der Waals surface area contributed by atoms with Gasteiger partial charge in [0.05, 0.1) is 0 Å². The molecule has 0 spiro atoms. The van der Waals surface area contributed by atoms with Gasteiger partial charge in [-0.2, -0.15) is 0 Å². The van der Waals surface area contributed by atoms with E-state index in [0.29, 0.717) is 0 Å². The summed E-state index contributed by atoms with van der Waals surface area (Å²) in [7, 11) is 3.39. The van der Waals surface area contributed by atoms with Crippen molar-refractivity contribution in [3.63, 3.8) is 0 Å². The molecule has 3 heteroatoms. The number of hydrogen-bond acceptors (Lipinski definition) is 2. The molecule has 0 unspecified atom stereocenters. The Morgan fingerprint density at radius 3 is 2.46 bits per heavy atom. The summed E-state index contributed by atoms with van der Waals surface area (Å²) in [6, 6.07) is 1.51. The zero-order chi connectivity index (χ0) is 9.90. The molecular weight excluding hydrogens is 176 g/mol. The maximum absolute atomic E-state index is 2.77. The Hall–Kier alpha value is 0.137. The van der Waals surface area contributed by atoms with Crippen LogP contribution in [-0.2, 0) is 0 Å². The van der Waals surface area contributed by atoms with E-state index in [4.69, 9.17) is 0 Å². The van der Waals surface area contributed by atoms with E-state index in [-0.39, 0.29) is 0 Å². The fourth-order valence-corrected chi connectivity index (χ4v) is 5.02. The second-order valence-electron chi connectivity index (χ2n) is 5.06. The molecule has 0 aromatic rings. The lowest BCUT2D eigenvalue weighted by molar-refractivity contribution is 0.360. The lowest BCUT2D eigenvalue weighted by atomic mass is 10.4. The first-order valence-corrected chi connectivity index (χ1v) is 8.57. The summed E-state index contributed by atoms with van der Waals surface area (Å²) in [5.74, 6) is 0. The van der Waals surface area contributed by atoms with Crippen LogP contribution in [0.5, 0.6) is 0 Å². The maximum Gasteiger partial charge on any atom is 0.122 e. The normalized spacial score (nSPS) is 22.8. The molecule has 13 heavy (non-hydrogen) atoms. The Morgan fingerprint density at radius 2 is 2.00 bits per heavy atom. The van der Waals surface area contributed by atoms with Crippen molar-refractivity contribution in [2.45, 2.75) is 32.0 Å². The first-order chi connectivity index (χ1) is 6.02. The predicted molar refractivity (Wildman–Crippen MR) is 61.7 cm³/mol. The number of rotatable bonds is 4. The van der Waals surface area contributed by atoms with Crippen LogP contribution in [0.2, 0.25) is 19.1 Å². The van der Waals surface area contributed by atoms with Gasteiger partial charge in [-0.15, -0.1) is 0 Å². The molecule has 1 saturated heterocycles. The van der Waals surface area contributed by atoms with E-state index in [2.05, 4.69) is 36.7 Å². The molecule has 2 nitrogen and oxygen atoms in total. The Morgan fingerprint density at radius 1 is 1.31 bits per heavy atom. The van der Waals surface area contributed by atoms with E-state index >= 15 is 0 Å². The van der Waals surface area contributed by atoms with E-state index in [0.717, 1.165) is 0 Å². The molecule has 1 fully saturated rings. The highest BCUT2D eigenvalue weighted by atomic mass is 28.3. The Balaban J connectivity index is 2.21. The standard InChI is InChI=1S/C10H24N2Si/c1-11(2)7-5-8-12-9-6-10-13(12,3)4/h5-10H2,1-4H3. The van der Waals surface area contributed by atoms with Crippen LogP contribution in [0.1, 0.15) is 12.8 Å². The minimum atomic E-state index is -0.927. The summed E-state index contributed by atoms with van der Waals surface area (Å²) >= 11 is 0. The SMILES string of the molecule is CN(C)CCCN1CCC[Si]1(C)C. The molecule has 0 N–H and O–H groups in total. The predicted octanol–water partition coefficient (Wildman–Crippen LogP) is 1.85. The fourth-order valence-electron chi connectivity index (χ4n) is 2.16. The topological polar surface area (TPSA) is 6.48 Å². The summed E-state index contributed by atoms with van der Waals surface area (Å²) in [6.45, 7) is 8.95. The van der Waals surface area contributed by atoms with Gasteiger partial charge in [0.2, 0.25) is 0 Å². The van der Waals surface area contributed by atoms with E-state index < -0.39 is 8.24 Å². The highest BCUT2D eigenvalue weighted by Crippen LogP contribution is 2.25. The zero-order valence-corrected chi connectivity index (χ0v) is 10.6. The van der Waals surface area contributed by atoms with Gasteiger partial charge in [-0.1, -0.05) is 13.1 Å². The molecule has 0 aromatic carbocycles. The third kappa shape index (κ3) is 3.41. The molecule has 1 heterocycles. The van der Waals surface area contributed by atoms with Gasteiger partial charge in [0.25, 0.3) is 0 Å². The smallest absolute Gasteiger partial charge is 0.122 e. The lowest BCUT2D eigenvalue weighted by Crippen LogP contribution is -2.44. The Labute approximate surface area is 84.0 Å². The highest BCUT2D eigenvalue weighted by Gasteiger charge is 2.33. The molecule has 1 rings (SSSR count). The molecular formula is C10H24N2Si. The molecule has 0 saturated carbocycles. The van der Waals surface area contributed by atoms with Crippen molar-refractivity contribution < 1.29 is 0 Å². The van der Waals surface area contributed by atoms with E-state index in [1.807, 2.05) is 0 Å². The molecule has 0 aromatic heterocycles. The van der Waals surface area contributed by atoms with Crippen LogP contribution in [-0.4, -0.2) is 51.4 Å². The van der Waals surface area contributed by atoms with Gasteiger partial charge in [0, 0.05) is 0 Å². The highest BCUT2D eigenvalue weighted by molar-refractivity contribution is 6.75. The van der Waals surface area contributed by atoms with Gasteiger partial charge in [-0.05, 0) is 52.6 Å². The Kier molecular flexibility index (Phi) is 3.95. The average Bonchev–Trinajstić information content (AvgIpc) is 2.30. The van der Waals surface area contributed by atoms with Gasteiger partial charge in [0.15, 0.2) is 0 Å². The van der Waals surface area contributed by atoms with Gasteiger partial charge in [-0.3, -0.25) is 0 Å². The summed E-state index contributed by atoms with van der Waals surface area (Å²) in [5.41, 5.74) is 0. The van der Waals surface area contributed by atoms with Crippen molar-refractivity contribution in [2.75, 3.05) is 33.7 Å². The van der Waals surface area contributed by atoms with E-state index in [9.17, 15) is 0 Å². The molecule has 78 valence electrons. The van der Waals surface area contributed by atoms with Crippen LogP contribution in [0.25, 0.3) is 0 Å². The number of hydrogen-bond donors (Lipinski definition) is 0. The molecule has 0 radical (unpaired) electrons. The van der Waals surface area contributed by atoms with Gasteiger partial charge < -0.3 is 9.47 Å². The van der Waals surface area contributed by atoms with Gasteiger partial charge in [-0.25, -0.2) is 0 Å². The molecule has 0 atom stereocenters. The van der Waals surface area contributed by atoms with Crippen molar-refractivity contribution in [1.29, 1.82) is 0 Å². The second-order valence-corrected chi connectivity index (χ2v) is 9.82. The monoisotopic (exact) mass is 200 g/mol. The van der Waals surface area contributed by atoms with Crippen LogP contribution >= 0.6 is 0 Å². The zero-order valence-electron chi connectivity index (χ0n) is 9.64. The quantitative estimate of drug-likeness (QED) is 0.639. The van der Waals surface area contributed by atoms with Crippen molar-refractivity contribution in [3.8, 4) is 0 Å². The average molecular weight is 200 g/mol. The largest absolute Gasteiger partial charge is 0.324 e. The summed E-state index contributed by atoms with van der Waals surface area (Å²) < 4.78 is 2.77. The van der Waals surface area contributed by atoms with Crippen molar-refractivity contribution in [3.05, 3.63) is 0 Å². The third-order valence-corrected chi connectivity index (χ3v) is 6.84. The first kappa shape index (κ1) is 11.2. The summed E-state index contributed by atoms with van der Waals surface area (Å²) in [5, 5.41) is 0. The first-order valence-electron chi connectivity index (χ1n) is 5.42. The fraction of sp³-hybridized carbons (Fsp3) is 1.00. The minimum Gasteiger partial charge on any atom is -0.324 e. The summed E-state index contributed by atoms with van der Waals surface area (Å²) in [6.07, 6.45) is 2.78. The van der Waals surface area contributed by atoms with Crippen LogP contribution < -0.4 is 0 Å². The van der Waals surface area contributed by atoms with E-state index in [1.54, 1.807) is 0 Å². The molecule has 0 amide bonds. The molecule has 1 aliphatic heterocycles. The van der Waals surface area contributed by atoms with Crippen LogP contribution in [0.4, 0.5) is 0 Å². The third-order valence-electron chi connectivity index (χ3n) is 3.11. The number of nitrogens with zero attached hydrogens (tertiary/aromatic N) is 2. The van der Waals surface area contributed by atoms with Crippen molar-refractivity contribution in [2.24, 2.45) is 0 Å². The Bertz CT molecular complexity index is 157. The van der Waals surface area contributed by atoms with Gasteiger partial charge >= 0.3 is 0 Å². The van der Waals surface area contributed by atoms with E-state index in [1.165, 1.54) is 38.5 Å². The van der Waals surface area contributed by atoms with Crippen LogP contribution in [0.3, 0.4) is 0 Å². The summed E-state index contributed by atoms with van der Waals surface area (Å²) in [4.78, 5) is 2.28. The van der Waals surface area contributed by atoms with Crippen LogP contribution in [0.15, 0.2) is 0 Å². The molecule has 0 aliphatic carbocycles. The lowest BCUT2D eigenvalue weighted by Gasteiger charge is -2.29. The molecule has 1 aliphatic rings. The molecule has 0 bridgehead atoms. The van der Waals surface area contributed by atoms with Crippen LogP contribution in [0, 0.1) is 0 Å². The van der Waals surface area contributed by atoms with Crippen molar-refractivity contribution in [1.82, 2.24) is 9.47 Å². The van der Waals surface area contributed by atoms with Gasteiger partial charge in [0.1, 0.15) is 8.24 Å². The minimum absolute atomic E-state index is 0.927. The second kappa shape index (κ2) is 4.58. The maximum atomic E-state index is 2.77.